The normalized spacial score (nSPS) is 15.2. The first-order valence-corrected chi connectivity index (χ1v) is 4.50. The summed E-state index contributed by atoms with van der Waals surface area (Å²) < 4.78 is 0. The summed E-state index contributed by atoms with van der Waals surface area (Å²) >= 11 is 0. The van der Waals surface area contributed by atoms with Crippen molar-refractivity contribution in [3.05, 3.63) is 65.7 Å². The van der Waals surface area contributed by atoms with Crippen LogP contribution in [0.1, 0.15) is 0 Å². The molecule has 1 aromatic carbocycles. The summed E-state index contributed by atoms with van der Waals surface area (Å²) in [7, 11) is 0. The predicted molar refractivity (Wildman–Crippen MR) is 53.9 cm³/mol. The predicted octanol–water partition coefficient (Wildman–Crippen LogP) is -0.235. The first-order chi connectivity index (χ1) is 7.63. The second kappa shape index (κ2) is 7.42. The summed E-state index contributed by atoms with van der Waals surface area (Å²) in [5, 5.41) is 28.9. The van der Waals surface area contributed by atoms with Crippen LogP contribution in [-0.2, 0) is 21.6 Å². The van der Waals surface area contributed by atoms with Crippen molar-refractivity contribution < 1.29 is 36.9 Å². The average Bonchev–Trinajstić information content (AvgIpc) is 2.92. The molecule has 0 amide bonds. The Morgan fingerprint density at radius 3 is 2.12 bits per heavy atom. The van der Waals surface area contributed by atoms with E-state index >= 15 is 0 Å². The van der Waals surface area contributed by atoms with E-state index < -0.39 is 11.9 Å². The van der Waals surface area contributed by atoms with Crippen LogP contribution in [0.4, 0.5) is 0 Å². The molecule has 1 aliphatic rings. The maximum Gasteiger partial charge on any atom is 3.00 e. The van der Waals surface area contributed by atoms with Gasteiger partial charge in [0.25, 0.3) is 0 Å². The molecule has 1 aromatic rings. The molecular formula is C12H9CoO4. The minimum absolute atomic E-state index is 0. The summed E-state index contributed by atoms with van der Waals surface area (Å²) in [6.45, 7) is 0. The number of aliphatic hydroxyl groups excluding tert-OH is 1. The maximum absolute atomic E-state index is 10.3. The molecule has 0 radical (unpaired) electrons. The second-order valence-electron chi connectivity index (χ2n) is 2.91. The van der Waals surface area contributed by atoms with Crippen molar-refractivity contribution in [2.24, 2.45) is 0 Å². The molecule has 0 fully saturated rings. The van der Waals surface area contributed by atoms with Crippen molar-refractivity contribution in [3.63, 3.8) is 0 Å². The van der Waals surface area contributed by atoms with Gasteiger partial charge in [-0.15, -0.1) is 0 Å². The quantitative estimate of drug-likeness (QED) is 0.567. The summed E-state index contributed by atoms with van der Waals surface area (Å²) in [4.78, 5) is 10.2. The maximum atomic E-state index is 10.3. The third-order valence-electron chi connectivity index (χ3n) is 1.82. The van der Waals surface area contributed by atoms with Crippen molar-refractivity contribution in [1.82, 2.24) is 0 Å². The van der Waals surface area contributed by atoms with E-state index in [0.29, 0.717) is 0 Å². The zero-order valence-electron chi connectivity index (χ0n) is 8.62. The second-order valence-corrected chi connectivity index (χ2v) is 2.91. The standard InChI is InChI=1S/C7H6O4.C5H5.Co/c8-6(9)4-2-1-3-5(4)7(10)11;1-2-4-5-3-1;/h1-3,8-9H,(H,10,11);1-5H;/q;-1;+3/p-2. The van der Waals surface area contributed by atoms with Crippen LogP contribution in [0.3, 0.4) is 0 Å². The van der Waals surface area contributed by atoms with Crippen LogP contribution in [0, 0.1) is 0 Å². The van der Waals surface area contributed by atoms with Crippen molar-refractivity contribution in [1.29, 1.82) is 0 Å². The Bertz CT molecular complexity index is 420. The fourth-order valence-electron chi connectivity index (χ4n) is 1.11. The molecule has 0 spiro atoms. The Balaban J connectivity index is 0.000000360. The van der Waals surface area contributed by atoms with Gasteiger partial charge in [-0.1, -0.05) is 18.2 Å². The average molecular weight is 276 g/mol. The van der Waals surface area contributed by atoms with E-state index in [0.717, 1.165) is 0 Å². The molecule has 0 heterocycles. The summed E-state index contributed by atoms with van der Waals surface area (Å²) in [6, 6.07) is 10.0. The zero-order valence-corrected chi connectivity index (χ0v) is 9.67. The molecule has 1 N–H and O–H groups in total. The van der Waals surface area contributed by atoms with Gasteiger partial charge < -0.3 is 20.1 Å². The topological polar surface area (TPSA) is 83.4 Å². The molecule has 5 heteroatoms. The molecule has 0 aliphatic heterocycles. The Morgan fingerprint density at radius 2 is 1.82 bits per heavy atom. The molecule has 0 bridgehead atoms. The third-order valence-corrected chi connectivity index (χ3v) is 1.82. The molecule has 1 aliphatic carbocycles. The summed E-state index contributed by atoms with van der Waals surface area (Å²) in [5.41, 5.74) is -0.512. The fraction of sp³-hybridized carbons (Fsp3) is 0. The minimum Gasteiger partial charge on any atom is -0.629 e. The molecule has 0 unspecified atom stereocenters. The number of carbonyl (C=O) groups is 1. The van der Waals surface area contributed by atoms with Crippen LogP contribution in [0.15, 0.2) is 65.7 Å². The smallest absolute Gasteiger partial charge is 0.629 e. The Labute approximate surface area is 109 Å². The number of carboxylic acids is 1. The summed E-state index contributed by atoms with van der Waals surface area (Å²) in [6.07, 6.45) is 3.76. The number of aliphatic hydroxyl groups is 1. The van der Waals surface area contributed by atoms with Gasteiger partial charge in [0, 0.05) is 11.1 Å². The van der Waals surface area contributed by atoms with E-state index in [1.165, 1.54) is 18.2 Å². The van der Waals surface area contributed by atoms with Gasteiger partial charge in [-0.05, 0) is 0 Å². The van der Waals surface area contributed by atoms with Gasteiger partial charge in [-0.3, -0.25) is 0 Å². The van der Waals surface area contributed by atoms with E-state index in [2.05, 4.69) is 0 Å². The van der Waals surface area contributed by atoms with Crippen LogP contribution in [-0.4, -0.2) is 11.1 Å². The first kappa shape index (κ1) is 15.1. The Kier molecular flexibility index (Phi) is 6.62. The number of allylic oxidation sites excluding steroid dienone is 3. The molecule has 17 heavy (non-hydrogen) atoms. The van der Waals surface area contributed by atoms with E-state index in [4.69, 9.17) is 5.11 Å². The van der Waals surface area contributed by atoms with Crippen LogP contribution in [0.5, 0.6) is 0 Å². The van der Waals surface area contributed by atoms with Crippen molar-refractivity contribution >= 4 is 5.97 Å². The van der Waals surface area contributed by atoms with Crippen LogP contribution in [0.25, 0.3) is 0 Å². The van der Waals surface area contributed by atoms with Gasteiger partial charge in [0.1, 0.15) is 0 Å². The number of hydrogen-bond donors (Lipinski definition) is 1. The van der Waals surface area contributed by atoms with Crippen LogP contribution in [0.2, 0.25) is 0 Å². The number of hydrogen-bond acceptors (Lipinski definition) is 4. The van der Waals surface area contributed by atoms with Gasteiger partial charge in [-0.2, -0.15) is 18.2 Å². The molecule has 0 saturated heterocycles. The van der Waals surface area contributed by atoms with Crippen molar-refractivity contribution in [2.45, 2.75) is 0 Å². The van der Waals surface area contributed by atoms with Crippen molar-refractivity contribution in [2.75, 3.05) is 0 Å². The van der Waals surface area contributed by atoms with E-state index in [1.54, 1.807) is 0 Å². The minimum atomic E-state index is -1.47. The number of carbonyl (C=O) groups excluding carboxylic acids is 1. The third kappa shape index (κ3) is 4.67. The Morgan fingerprint density at radius 1 is 1.24 bits per heavy atom. The zero-order chi connectivity index (χ0) is 12.0. The molecule has 0 atom stereocenters. The summed E-state index contributed by atoms with van der Waals surface area (Å²) in [5.74, 6) is -2.72. The van der Waals surface area contributed by atoms with Gasteiger partial charge in [0.05, 0.1) is 11.9 Å². The monoisotopic (exact) mass is 276 g/mol. The number of carboxylic acid groups (broad SMARTS) is 1. The van der Waals surface area contributed by atoms with E-state index in [9.17, 15) is 15.0 Å². The van der Waals surface area contributed by atoms with Crippen LogP contribution >= 0.6 is 0 Å². The van der Waals surface area contributed by atoms with Gasteiger partial charge in [0.15, 0.2) is 0 Å². The van der Waals surface area contributed by atoms with Gasteiger partial charge >= 0.3 is 16.8 Å². The first-order valence-electron chi connectivity index (χ1n) is 4.50. The fourth-order valence-corrected chi connectivity index (χ4v) is 1.11. The number of aliphatic carboxylic acids is 1. The van der Waals surface area contributed by atoms with Crippen LogP contribution < -0.4 is 10.2 Å². The molecule has 0 aromatic heterocycles. The number of rotatable bonds is 1. The van der Waals surface area contributed by atoms with E-state index in [1.807, 2.05) is 30.3 Å². The molecule has 90 valence electrons. The largest absolute Gasteiger partial charge is 3.00 e. The molecule has 2 rings (SSSR count). The molecule has 4 nitrogen and oxygen atoms in total. The van der Waals surface area contributed by atoms with Gasteiger partial charge in [0.2, 0.25) is 0 Å². The van der Waals surface area contributed by atoms with E-state index in [-0.39, 0.29) is 27.9 Å². The SMILES string of the molecule is O=C([O-])C1=CC=C/C1=C(/[O-])O.[Co+3].c1cc[cH-]c1. The van der Waals surface area contributed by atoms with Crippen molar-refractivity contribution in [3.8, 4) is 0 Å². The Hall–Kier alpha value is -1.85. The molecule has 0 saturated carbocycles. The molecular weight excluding hydrogens is 267 g/mol. The van der Waals surface area contributed by atoms with Gasteiger partial charge in [-0.25, -0.2) is 12.1 Å².